The Kier molecular flexibility index (Phi) is 6.55. The van der Waals surface area contributed by atoms with Gasteiger partial charge < -0.3 is 24.8 Å². The molecule has 6 nitrogen and oxygen atoms in total. The molecule has 148 valence electrons. The first-order chi connectivity index (χ1) is 13.7. The normalized spacial score (nSPS) is 16.9. The van der Waals surface area contributed by atoms with Gasteiger partial charge in [-0.2, -0.15) is 0 Å². The largest absolute Gasteiger partial charge is 0.493 e. The van der Waals surface area contributed by atoms with Crippen molar-refractivity contribution in [2.24, 2.45) is 0 Å². The number of hydrogen-bond donors (Lipinski definition) is 2. The molecule has 0 spiro atoms. The van der Waals surface area contributed by atoms with E-state index in [0.717, 1.165) is 17.5 Å². The summed E-state index contributed by atoms with van der Waals surface area (Å²) in [4.78, 5) is 11.7. The second kappa shape index (κ2) is 9.28. The fraction of sp³-hybridized carbons (Fsp3) is 0.318. The van der Waals surface area contributed by atoms with Gasteiger partial charge in [-0.3, -0.25) is 4.79 Å². The molecule has 0 saturated carbocycles. The summed E-state index contributed by atoms with van der Waals surface area (Å²) in [6, 6.07) is 13.4. The molecular formula is C22H26N2O4. The van der Waals surface area contributed by atoms with Gasteiger partial charge in [-0.25, -0.2) is 0 Å². The highest BCUT2D eigenvalue weighted by Gasteiger charge is 2.24. The van der Waals surface area contributed by atoms with E-state index in [0.29, 0.717) is 30.3 Å². The summed E-state index contributed by atoms with van der Waals surface area (Å²) in [6.45, 7) is 5.12. The Labute approximate surface area is 165 Å². The van der Waals surface area contributed by atoms with Gasteiger partial charge in [-0.1, -0.05) is 36.9 Å². The Bertz CT molecular complexity index is 798. The van der Waals surface area contributed by atoms with Crippen molar-refractivity contribution in [2.45, 2.75) is 25.1 Å². The summed E-state index contributed by atoms with van der Waals surface area (Å²) in [7, 11) is 3.18. The maximum absolute atomic E-state index is 11.7. The Balaban J connectivity index is 1.82. The Morgan fingerprint density at radius 2 is 1.89 bits per heavy atom. The van der Waals surface area contributed by atoms with E-state index in [1.807, 2.05) is 42.5 Å². The maximum Gasteiger partial charge on any atom is 0.237 e. The number of carbonyl (C=O) groups excluding carboxylic acids is 1. The van der Waals surface area contributed by atoms with Crippen LogP contribution in [0.5, 0.6) is 17.2 Å². The van der Waals surface area contributed by atoms with Crippen LogP contribution in [0.15, 0.2) is 55.1 Å². The molecule has 28 heavy (non-hydrogen) atoms. The molecule has 1 heterocycles. The lowest BCUT2D eigenvalue weighted by Gasteiger charge is -2.21. The molecule has 2 unspecified atom stereocenters. The van der Waals surface area contributed by atoms with Crippen molar-refractivity contribution < 1.29 is 19.0 Å². The standard InChI is InChI=1S/C22H26N2O4/c1-4-18(16-8-6-5-7-9-16)28-21-19(26-2)12-15(13-20(21)27-3)14-24-17-10-11-23-22(17)25/h4-9,12-13,17-18,24H,1,10-11,14H2,2-3H3,(H,23,25). The molecule has 3 rings (SSSR count). The van der Waals surface area contributed by atoms with Gasteiger partial charge >= 0.3 is 0 Å². The number of ether oxygens (including phenoxy) is 3. The van der Waals surface area contributed by atoms with Crippen LogP contribution in [0.2, 0.25) is 0 Å². The molecule has 2 atom stereocenters. The molecule has 0 aliphatic carbocycles. The average molecular weight is 382 g/mol. The summed E-state index contributed by atoms with van der Waals surface area (Å²) in [5.41, 5.74) is 1.93. The lowest BCUT2D eigenvalue weighted by Crippen LogP contribution is -2.35. The fourth-order valence-corrected chi connectivity index (χ4v) is 3.20. The van der Waals surface area contributed by atoms with Gasteiger partial charge in [0.2, 0.25) is 11.7 Å². The van der Waals surface area contributed by atoms with Crippen LogP contribution in [0, 0.1) is 0 Å². The number of rotatable bonds is 9. The third-order valence-corrected chi connectivity index (χ3v) is 4.71. The molecule has 6 heteroatoms. The summed E-state index contributed by atoms with van der Waals surface area (Å²) in [5.74, 6) is 1.68. The third-order valence-electron chi connectivity index (χ3n) is 4.71. The average Bonchev–Trinajstić information content (AvgIpc) is 3.15. The number of methoxy groups -OCH3 is 2. The van der Waals surface area contributed by atoms with E-state index >= 15 is 0 Å². The lowest BCUT2D eigenvalue weighted by molar-refractivity contribution is -0.120. The molecule has 1 fully saturated rings. The Morgan fingerprint density at radius 3 is 2.43 bits per heavy atom. The quantitative estimate of drug-likeness (QED) is 0.653. The zero-order valence-electron chi connectivity index (χ0n) is 16.2. The number of amides is 1. The summed E-state index contributed by atoms with van der Waals surface area (Å²) < 4.78 is 17.3. The highest BCUT2D eigenvalue weighted by atomic mass is 16.5. The second-order valence-electron chi connectivity index (χ2n) is 6.53. The molecule has 1 aliphatic heterocycles. The van der Waals surface area contributed by atoms with E-state index in [2.05, 4.69) is 17.2 Å². The van der Waals surface area contributed by atoms with Crippen LogP contribution in [0.25, 0.3) is 0 Å². The first-order valence-corrected chi connectivity index (χ1v) is 9.26. The minimum Gasteiger partial charge on any atom is -0.493 e. The van der Waals surface area contributed by atoms with Gasteiger partial charge in [0.15, 0.2) is 11.5 Å². The van der Waals surface area contributed by atoms with Gasteiger partial charge in [-0.05, 0) is 35.8 Å². The number of hydrogen-bond acceptors (Lipinski definition) is 5. The van der Waals surface area contributed by atoms with E-state index in [9.17, 15) is 4.79 Å². The molecule has 1 aliphatic rings. The van der Waals surface area contributed by atoms with Crippen molar-refractivity contribution in [3.05, 3.63) is 66.2 Å². The van der Waals surface area contributed by atoms with Crippen molar-refractivity contribution in [1.82, 2.24) is 10.6 Å². The summed E-state index contributed by atoms with van der Waals surface area (Å²) >= 11 is 0. The fourth-order valence-electron chi connectivity index (χ4n) is 3.20. The molecule has 0 bridgehead atoms. The van der Waals surface area contributed by atoms with Crippen LogP contribution in [0.1, 0.15) is 23.7 Å². The van der Waals surface area contributed by atoms with Crippen LogP contribution in [0.4, 0.5) is 0 Å². The van der Waals surface area contributed by atoms with E-state index in [-0.39, 0.29) is 18.1 Å². The zero-order valence-corrected chi connectivity index (χ0v) is 16.2. The predicted molar refractivity (Wildman–Crippen MR) is 108 cm³/mol. The summed E-state index contributed by atoms with van der Waals surface area (Å²) in [5, 5.41) is 6.09. The Morgan fingerprint density at radius 1 is 1.21 bits per heavy atom. The lowest BCUT2D eigenvalue weighted by atomic mass is 10.1. The SMILES string of the molecule is C=CC(Oc1c(OC)cc(CNC2CCNC2=O)cc1OC)c1ccccc1. The molecule has 0 aromatic heterocycles. The van der Waals surface area contributed by atoms with Crippen LogP contribution in [-0.2, 0) is 11.3 Å². The van der Waals surface area contributed by atoms with Crippen molar-refractivity contribution in [3.63, 3.8) is 0 Å². The van der Waals surface area contributed by atoms with Crippen molar-refractivity contribution >= 4 is 5.91 Å². The van der Waals surface area contributed by atoms with Crippen molar-refractivity contribution in [1.29, 1.82) is 0 Å². The van der Waals surface area contributed by atoms with Crippen LogP contribution < -0.4 is 24.8 Å². The monoisotopic (exact) mass is 382 g/mol. The van der Waals surface area contributed by atoms with E-state index in [4.69, 9.17) is 14.2 Å². The predicted octanol–water partition coefficient (Wildman–Crippen LogP) is 2.99. The summed E-state index contributed by atoms with van der Waals surface area (Å²) in [6.07, 6.45) is 2.18. The van der Waals surface area contributed by atoms with Gasteiger partial charge in [0, 0.05) is 13.1 Å². The minimum atomic E-state index is -0.338. The van der Waals surface area contributed by atoms with E-state index < -0.39 is 0 Å². The van der Waals surface area contributed by atoms with Gasteiger partial charge in [0.1, 0.15) is 6.10 Å². The van der Waals surface area contributed by atoms with Crippen LogP contribution in [-0.4, -0.2) is 32.7 Å². The first kappa shape index (κ1) is 19.8. The molecule has 1 saturated heterocycles. The Hall–Kier alpha value is -2.99. The molecule has 2 N–H and O–H groups in total. The topological polar surface area (TPSA) is 68.8 Å². The van der Waals surface area contributed by atoms with E-state index in [1.165, 1.54) is 0 Å². The minimum absolute atomic E-state index is 0.0376. The number of carbonyl (C=O) groups is 1. The number of nitrogens with one attached hydrogen (secondary N) is 2. The molecule has 2 aromatic rings. The third kappa shape index (κ3) is 4.46. The molecule has 1 amide bonds. The van der Waals surface area contributed by atoms with E-state index in [1.54, 1.807) is 20.3 Å². The smallest absolute Gasteiger partial charge is 0.237 e. The highest BCUT2D eigenvalue weighted by Crippen LogP contribution is 2.41. The molecular weight excluding hydrogens is 356 g/mol. The van der Waals surface area contributed by atoms with Gasteiger partial charge in [-0.15, -0.1) is 0 Å². The number of benzene rings is 2. The maximum atomic E-state index is 11.7. The van der Waals surface area contributed by atoms with Crippen molar-refractivity contribution in [2.75, 3.05) is 20.8 Å². The van der Waals surface area contributed by atoms with Gasteiger partial charge in [0.25, 0.3) is 0 Å². The zero-order chi connectivity index (χ0) is 19.9. The van der Waals surface area contributed by atoms with Crippen LogP contribution in [0.3, 0.4) is 0 Å². The molecule has 0 radical (unpaired) electrons. The van der Waals surface area contributed by atoms with Gasteiger partial charge in [0.05, 0.1) is 20.3 Å². The highest BCUT2D eigenvalue weighted by molar-refractivity contribution is 5.83. The van der Waals surface area contributed by atoms with Crippen LogP contribution >= 0.6 is 0 Å². The second-order valence-corrected chi connectivity index (χ2v) is 6.53. The van der Waals surface area contributed by atoms with Crippen molar-refractivity contribution in [3.8, 4) is 17.2 Å². The molecule has 2 aromatic carbocycles. The first-order valence-electron chi connectivity index (χ1n) is 9.26.